The summed E-state index contributed by atoms with van der Waals surface area (Å²) in [6.45, 7) is 9.28. The van der Waals surface area contributed by atoms with Crippen molar-refractivity contribution in [1.82, 2.24) is 9.88 Å². The van der Waals surface area contributed by atoms with E-state index in [-0.39, 0.29) is 17.5 Å². The van der Waals surface area contributed by atoms with Crippen molar-refractivity contribution < 1.29 is 14.6 Å². The van der Waals surface area contributed by atoms with Gasteiger partial charge in [-0.15, -0.1) is 11.3 Å². The van der Waals surface area contributed by atoms with Crippen LogP contribution in [0.2, 0.25) is 0 Å². The SMILES string of the molecule is CCCCOc1c(CNC(=O)O)n(CC(C)(C)C)c(=O)c2sccc12. The fourth-order valence-electron chi connectivity index (χ4n) is 2.63. The number of thiophene rings is 1. The van der Waals surface area contributed by atoms with Gasteiger partial charge < -0.3 is 19.7 Å². The van der Waals surface area contributed by atoms with Crippen molar-refractivity contribution in [2.75, 3.05) is 6.61 Å². The first kappa shape index (κ1) is 19.3. The Morgan fingerprint density at radius 3 is 2.72 bits per heavy atom. The van der Waals surface area contributed by atoms with Gasteiger partial charge in [0.1, 0.15) is 10.4 Å². The summed E-state index contributed by atoms with van der Waals surface area (Å²) in [6.07, 6.45) is 0.770. The zero-order valence-corrected chi connectivity index (χ0v) is 16.0. The topological polar surface area (TPSA) is 80.6 Å². The Hall–Kier alpha value is -2.02. The predicted octanol–water partition coefficient (Wildman–Crippen LogP) is 4.06. The Balaban J connectivity index is 2.63. The summed E-state index contributed by atoms with van der Waals surface area (Å²) in [5.41, 5.74) is 0.363. The van der Waals surface area contributed by atoms with Gasteiger partial charge in [0.15, 0.2) is 0 Å². The molecular weight excluding hydrogens is 340 g/mol. The van der Waals surface area contributed by atoms with Crippen molar-refractivity contribution in [2.45, 2.75) is 53.6 Å². The van der Waals surface area contributed by atoms with Gasteiger partial charge >= 0.3 is 6.09 Å². The molecule has 0 fully saturated rings. The van der Waals surface area contributed by atoms with Gasteiger partial charge in [-0.1, -0.05) is 34.1 Å². The number of unbranched alkanes of at least 4 members (excludes halogenated alkanes) is 1. The molecule has 2 aromatic heterocycles. The highest BCUT2D eigenvalue weighted by Gasteiger charge is 2.22. The third kappa shape index (κ3) is 4.75. The lowest BCUT2D eigenvalue weighted by molar-refractivity contribution is 0.193. The molecule has 0 aliphatic rings. The minimum absolute atomic E-state index is 0.0356. The molecule has 1 amide bonds. The highest BCUT2D eigenvalue weighted by atomic mass is 32.1. The summed E-state index contributed by atoms with van der Waals surface area (Å²) >= 11 is 1.39. The van der Waals surface area contributed by atoms with Crippen LogP contribution in [-0.4, -0.2) is 22.4 Å². The normalized spacial score (nSPS) is 11.7. The van der Waals surface area contributed by atoms with Crippen molar-refractivity contribution >= 4 is 27.5 Å². The maximum Gasteiger partial charge on any atom is 0.404 e. The van der Waals surface area contributed by atoms with Crippen molar-refractivity contribution in [3.63, 3.8) is 0 Å². The first-order valence-electron chi connectivity index (χ1n) is 8.47. The quantitative estimate of drug-likeness (QED) is 0.724. The molecule has 0 saturated carbocycles. The number of carboxylic acid groups (broad SMARTS) is 1. The number of fused-ring (bicyclic) bond motifs is 1. The minimum atomic E-state index is -1.13. The Labute approximate surface area is 151 Å². The summed E-state index contributed by atoms with van der Waals surface area (Å²) in [5, 5.41) is 14.0. The van der Waals surface area contributed by atoms with Gasteiger partial charge in [-0.25, -0.2) is 4.79 Å². The number of nitrogens with zero attached hydrogens (tertiary/aromatic N) is 1. The molecule has 6 nitrogen and oxygen atoms in total. The van der Waals surface area contributed by atoms with Gasteiger partial charge in [0.25, 0.3) is 5.56 Å². The fraction of sp³-hybridized carbons (Fsp3) is 0.556. The lowest BCUT2D eigenvalue weighted by Crippen LogP contribution is -2.33. The van der Waals surface area contributed by atoms with E-state index in [1.807, 2.05) is 32.2 Å². The number of rotatable bonds is 7. The third-order valence-electron chi connectivity index (χ3n) is 3.72. The summed E-state index contributed by atoms with van der Waals surface area (Å²) < 4.78 is 8.32. The van der Waals surface area contributed by atoms with Crippen LogP contribution >= 0.6 is 11.3 Å². The molecule has 138 valence electrons. The zero-order chi connectivity index (χ0) is 18.6. The van der Waals surface area contributed by atoms with E-state index in [0.29, 0.717) is 29.3 Å². The van der Waals surface area contributed by atoms with Crippen molar-refractivity contribution in [1.29, 1.82) is 0 Å². The van der Waals surface area contributed by atoms with Crippen molar-refractivity contribution in [3.05, 3.63) is 27.5 Å². The lowest BCUT2D eigenvalue weighted by Gasteiger charge is -2.24. The van der Waals surface area contributed by atoms with Gasteiger partial charge in [0.2, 0.25) is 0 Å². The molecule has 0 bridgehead atoms. The van der Waals surface area contributed by atoms with E-state index in [0.717, 1.165) is 18.2 Å². The van der Waals surface area contributed by atoms with Gasteiger partial charge in [-0.2, -0.15) is 0 Å². The van der Waals surface area contributed by atoms with E-state index in [1.54, 1.807) is 4.57 Å². The number of ether oxygens (including phenoxy) is 1. The van der Waals surface area contributed by atoms with Crippen LogP contribution in [0.15, 0.2) is 16.2 Å². The molecule has 2 aromatic rings. The second-order valence-corrected chi connectivity index (χ2v) is 8.17. The molecule has 7 heteroatoms. The molecular formula is C18H26N2O4S. The molecule has 2 N–H and O–H groups in total. The largest absolute Gasteiger partial charge is 0.491 e. The van der Waals surface area contributed by atoms with Crippen LogP contribution in [0, 0.1) is 5.41 Å². The number of pyridine rings is 1. The van der Waals surface area contributed by atoms with Gasteiger partial charge in [-0.3, -0.25) is 4.79 Å². The molecule has 0 unspecified atom stereocenters. The van der Waals surface area contributed by atoms with Crippen molar-refractivity contribution in [3.8, 4) is 5.75 Å². The van der Waals surface area contributed by atoms with E-state index >= 15 is 0 Å². The average Bonchev–Trinajstić information content (AvgIpc) is 2.99. The minimum Gasteiger partial charge on any atom is -0.491 e. The highest BCUT2D eigenvalue weighted by Crippen LogP contribution is 2.32. The van der Waals surface area contributed by atoms with Crippen LogP contribution in [0.3, 0.4) is 0 Å². The standard InChI is InChI=1S/C18H26N2O4S/c1-5-6-8-24-14-12-7-9-25-15(12)16(21)20(11-18(2,3)4)13(14)10-19-17(22)23/h7,9,19H,5-6,8,10-11H2,1-4H3,(H,22,23). The third-order valence-corrected chi connectivity index (χ3v) is 4.62. The molecule has 0 aromatic carbocycles. The molecule has 0 aliphatic heterocycles. The van der Waals surface area contributed by atoms with Crippen LogP contribution in [0.1, 0.15) is 46.2 Å². The molecule has 2 rings (SSSR count). The Morgan fingerprint density at radius 1 is 1.40 bits per heavy atom. The second kappa shape index (κ2) is 7.91. The number of carbonyl (C=O) groups is 1. The van der Waals surface area contributed by atoms with Crippen LogP contribution in [-0.2, 0) is 13.1 Å². The predicted molar refractivity (Wildman–Crippen MR) is 101 cm³/mol. The molecule has 0 spiro atoms. The lowest BCUT2D eigenvalue weighted by atomic mass is 9.96. The maximum absolute atomic E-state index is 13.0. The van der Waals surface area contributed by atoms with E-state index in [1.165, 1.54) is 11.3 Å². The van der Waals surface area contributed by atoms with Crippen LogP contribution in [0.4, 0.5) is 4.79 Å². The molecule has 0 radical (unpaired) electrons. The zero-order valence-electron chi connectivity index (χ0n) is 15.2. The number of hydrogen-bond acceptors (Lipinski definition) is 4. The maximum atomic E-state index is 13.0. The number of nitrogens with one attached hydrogen (secondary N) is 1. The molecule has 0 saturated heterocycles. The van der Waals surface area contributed by atoms with E-state index in [2.05, 4.69) is 12.2 Å². The van der Waals surface area contributed by atoms with Gasteiger partial charge in [-0.05, 0) is 23.3 Å². The average molecular weight is 366 g/mol. The fourth-order valence-corrected chi connectivity index (χ4v) is 3.47. The van der Waals surface area contributed by atoms with Crippen LogP contribution in [0.5, 0.6) is 5.75 Å². The molecule has 0 aliphatic carbocycles. The number of aromatic nitrogens is 1. The smallest absolute Gasteiger partial charge is 0.404 e. The number of amides is 1. The Morgan fingerprint density at radius 2 is 2.12 bits per heavy atom. The van der Waals surface area contributed by atoms with E-state index in [9.17, 15) is 9.59 Å². The molecule has 0 atom stereocenters. The summed E-state index contributed by atoms with van der Waals surface area (Å²) in [4.78, 5) is 24.0. The first-order chi connectivity index (χ1) is 11.7. The summed E-state index contributed by atoms with van der Waals surface area (Å²) in [6, 6.07) is 1.87. The molecule has 25 heavy (non-hydrogen) atoms. The second-order valence-electron chi connectivity index (χ2n) is 7.25. The van der Waals surface area contributed by atoms with E-state index in [4.69, 9.17) is 9.84 Å². The van der Waals surface area contributed by atoms with Gasteiger partial charge in [0.05, 0.1) is 18.8 Å². The summed E-state index contributed by atoms with van der Waals surface area (Å²) in [7, 11) is 0. The Kier molecular flexibility index (Phi) is 6.11. The van der Waals surface area contributed by atoms with Crippen LogP contribution in [0.25, 0.3) is 10.1 Å². The van der Waals surface area contributed by atoms with Crippen LogP contribution < -0.4 is 15.6 Å². The Bertz CT molecular complexity index is 802. The van der Waals surface area contributed by atoms with Crippen molar-refractivity contribution in [2.24, 2.45) is 5.41 Å². The van der Waals surface area contributed by atoms with Gasteiger partial charge in [0, 0.05) is 11.9 Å². The number of hydrogen-bond donors (Lipinski definition) is 2. The molecule has 2 heterocycles. The highest BCUT2D eigenvalue weighted by molar-refractivity contribution is 7.17. The monoisotopic (exact) mass is 366 g/mol. The summed E-state index contributed by atoms with van der Waals surface area (Å²) in [5.74, 6) is 0.613. The van der Waals surface area contributed by atoms with E-state index < -0.39 is 6.09 Å². The first-order valence-corrected chi connectivity index (χ1v) is 9.35.